The summed E-state index contributed by atoms with van der Waals surface area (Å²) in [4.78, 5) is 2.41. The van der Waals surface area contributed by atoms with E-state index in [1.165, 1.54) is 6.42 Å². The van der Waals surface area contributed by atoms with Crippen LogP contribution in [0.4, 0.5) is 0 Å². The molecule has 4 nitrogen and oxygen atoms in total. The first-order valence-corrected chi connectivity index (χ1v) is 7.36. The van der Waals surface area contributed by atoms with E-state index in [0.717, 1.165) is 43.8 Å². The third-order valence-corrected chi connectivity index (χ3v) is 3.73. The van der Waals surface area contributed by atoms with Crippen LogP contribution in [0.5, 0.6) is 5.75 Å². The Morgan fingerprint density at radius 1 is 1.50 bits per heavy atom. The maximum Gasteiger partial charge on any atom is 0.122 e. The summed E-state index contributed by atoms with van der Waals surface area (Å²) in [5.74, 6) is 0.896. The molecule has 1 aromatic carbocycles. The van der Waals surface area contributed by atoms with E-state index in [1.807, 2.05) is 25.1 Å². The monoisotopic (exact) mass is 273 g/mol. The molecule has 0 amide bonds. The van der Waals surface area contributed by atoms with Crippen molar-refractivity contribution in [2.75, 3.05) is 26.2 Å². The lowest BCUT2D eigenvalue weighted by atomic mass is 10.0. The van der Waals surface area contributed by atoms with Gasteiger partial charge < -0.3 is 15.4 Å². The molecule has 1 saturated heterocycles. The molecule has 20 heavy (non-hydrogen) atoms. The number of benzene rings is 1. The highest BCUT2D eigenvalue weighted by Crippen LogP contribution is 2.21. The number of nitrogens with zero attached hydrogens (tertiary/aromatic N) is 2. The molecule has 108 valence electrons. The second kappa shape index (κ2) is 7.28. The highest BCUT2D eigenvalue weighted by atomic mass is 16.5. The number of ether oxygens (including phenoxy) is 1. The zero-order chi connectivity index (χ0) is 14.4. The molecule has 4 heteroatoms. The minimum Gasteiger partial charge on any atom is -0.494 e. The minimum absolute atomic E-state index is 0.306. The van der Waals surface area contributed by atoms with Crippen LogP contribution in [-0.4, -0.2) is 37.2 Å². The van der Waals surface area contributed by atoms with Crippen LogP contribution in [0.1, 0.15) is 30.9 Å². The molecular formula is C16H23N3O. The summed E-state index contributed by atoms with van der Waals surface area (Å²) in [6.45, 7) is 5.69. The Labute approximate surface area is 121 Å². The van der Waals surface area contributed by atoms with E-state index >= 15 is 0 Å². The van der Waals surface area contributed by atoms with Crippen LogP contribution < -0.4 is 10.5 Å². The van der Waals surface area contributed by atoms with E-state index in [9.17, 15) is 0 Å². The molecule has 0 saturated carbocycles. The number of hydrogen-bond acceptors (Lipinski definition) is 4. The average molecular weight is 273 g/mol. The largest absolute Gasteiger partial charge is 0.494 e. The molecule has 1 aromatic rings. The van der Waals surface area contributed by atoms with Crippen molar-refractivity contribution in [3.63, 3.8) is 0 Å². The van der Waals surface area contributed by atoms with Gasteiger partial charge in [0, 0.05) is 19.1 Å². The van der Waals surface area contributed by atoms with Gasteiger partial charge in [-0.25, -0.2) is 0 Å². The van der Waals surface area contributed by atoms with Gasteiger partial charge in [-0.2, -0.15) is 5.26 Å². The van der Waals surface area contributed by atoms with E-state index in [1.54, 1.807) is 0 Å². The van der Waals surface area contributed by atoms with Crippen molar-refractivity contribution in [1.82, 2.24) is 4.90 Å². The molecule has 1 aliphatic heterocycles. The van der Waals surface area contributed by atoms with Crippen LogP contribution in [-0.2, 0) is 6.42 Å². The smallest absolute Gasteiger partial charge is 0.122 e. The molecule has 0 radical (unpaired) electrons. The Hall–Kier alpha value is -1.57. The molecule has 0 aromatic heterocycles. The zero-order valence-corrected chi connectivity index (χ0v) is 12.1. The molecule has 1 atom stereocenters. The van der Waals surface area contributed by atoms with Crippen LogP contribution in [0.2, 0.25) is 0 Å². The molecule has 0 unspecified atom stereocenters. The van der Waals surface area contributed by atoms with Gasteiger partial charge in [0.05, 0.1) is 18.2 Å². The summed E-state index contributed by atoms with van der Waals surface area (Å²) in [6, 6.07) is 8.15. The van der Waals surface area contributed by atoms with Crippen LogP contribution in [0.3, 0.4) is 0 Å². The number of nitrogens with two attached hydrogens (primary N) is 1. The summed E-state index contributed by atoms with van der Waals surface area (Å²) in [5, 5.41) is 9.02. The number of likely N-dealkylation sites (tertiary alicyclic amines) is 1. The van der Waals surface area contributed by atoms with Gasteiger partial charge in [0.25, 0.3) is 0 Å². The molecule has 2 rings (SSSR count). The quantitative estimate of drug-likeness (QED) is 0.890. The fourth-order valence-electron chi connectivity index (χ4n) is 2.71. The van der Waals surface area contributed by atoms with Crippen molar-refractivity contribution < 1.29 is 4.74 Å². The fraction of sp³-hybridized carbons (Fsp3) is 0.562. The summed E-state index contributed by atoms with van der Waals surface area (Å²) >= 11 is 0. The maximum atomic E-state index is 9.02. The third kappa shape index (κ3) is 3.96. The summed E-state index contributed by atoms with van der Waals surface area (Å²) in [6.07, 6.45) is 3.21. The highest BCUT2D eigenvalue weighted by Gasteiger charge is 2.16. The van der Waals surface area contributed by atoms with Crippen molar-refractivity contribution in [2.24, 2.45) is 5.73 Å². The molecule has 0 aliphatic carbocycles. The number of piperidine rings is 1. The van der Waals surface area contributed by atoms with Gasteiger partial charge in [-0.1, -0.05) is 0 Å². The van der Waals surface area contributed by atoms with E-state index < -0.39 is 0 Å². The van der Waals surface area contributed by atoms with Gasteiger partial charge in [0.15, 0.2) is 0 Å². The summed E-state index contributed by atoms with van der Waals surface area (Å²) < 4.78 is 5.64. The molecule has 1 fully saturated rings. The van der Waals surface area contributed by atoms with Gasteiger partial charge in [-0.3, -0.25) is 0 Å². The predicted molar refractivity (Wildman–Crippen MR) is 79.7 cm³/mol. The zero-order valence-electron chi connectivity index (χ0n) is 12.1. The molecular weight excluding hydrogens is 250 g/mol. The van der Waals surface area contributed by atoms with Gasteiger partial charge >= 0.3 is 0 Å². The maximum absolute atomic E-state index is 9.02. The van der Waals surface area contributed by atoms with Crippen LogP contribution in [0, 0.1) is 11.3 Å². The second-order valence-electron chi connectivity index (χ2n) is 5.32. The van der Waals surface area contributed by atoms with Crippen molar-refractivity contribution in [3.8, 4) is 11.8 Å². The normalized spacial score (nSPS) is 19.6. The Kier molecular flexibility index (Phi) is 5.40. The van der Waals surface area contributed by atoms with Crippen LogP contribution >= 0.6 is 0 Å². The van der Waals surface area contributed by atoms with E-state index in [2.05, 4.69) is 11.0 Å². The van der Waals surface area contributed by atoms with Crippen LogP contribution in [0.25, 0.3) is 0 Å². The Morgan fingerprint density at radius 3 is 3.05 bits per heavy atom. The van der Waals surface area contributed by atoms with Crippen molar-refractivity contribution in [2.45, 2.75) is 32.2 Å². The topological polar surface area (TPSA) is 62.3 Å². The van der Waals surface area contributed by atoms with Crippen molar-refractivity contribution in [3.05, 3.63) is 29.3 Å². The second-order valence-corrected chi connectivity index (χ2v) is 5.32. The van der Waals surface area contributed by atoms with Crippen LogP contribution in [0.15, 0.2) is 18.2 Å². The molecule has 2 N–H and O–H groups in total. The van der Waals surface area contributed by atoms with Gasteiger partial charge in [-0.15, -0.1) is 0 Å². The molecule has 1 heterocycles. The first-order valence-electron chi connectivity index (χ1n) is 7.36. The number of nitriles is 1. The number of rotatable bonds is 5. The Morgan fingerprint density at radius 2 is 2.35 bits per heavy atom. The summed E-state index contributed by atoms with van der Waals surface area (Å²) in [5.41, 5.74) is 7.82. The Bertz CT molecular complexity index is 481. The highest BCUT2D eigenvalue weighted by molar-refractivity contribution is 5.42. The van der Waals surface area contributed by atoms with Gasteiger partial charge in [-0.05, 0) is 56.5 Å². The SMILES string of the molecule is CCOc1ccc(C#N)cc1CCN1CCC[C@@H](N)C1. The van der Waals surface area contributed by atoms with Gasteiger partial charge in [0.1, 0.15) is 5.75 Å². The van der Waals surface area contributed by atoms with E-state index in [0.29, 0.717) is 18.2 Å². The fourth-order valence-corrected chi connectivity index (χ4v) is 2.71. The predicted octanol–water partition coefficient (Wildman–Crippen LogP) is 1.92. The first-order chi connectivity index (χ1) is 9.72. The lowest BCUT2D eigenvalue weighted by molar-refractivity contribution is 0.210. The minimum atomic E-state index is 0.306. The standard InChI is InChI=1S/C16H23N3O/c1-2-20-16-6-5-13(11-17)10-14(16)7-9-19-8-3-4-15(18)12-19/h5-6,10,15H,2-4,7-9,12,18H2,1H3/t15-/m1/s1. The molecule has 0 spiro atoms. The Balaban J connectivity index is 2.01. The third-order valence-electron chi connectivity index (χ3n) is 3.73. The molecule has 1 aliphatic rings. The lowest BCUT2D eigenvalue weighted by Gasteiger charge is -2.30. The van der Waals surface area contributed by atoms with E-state index in [-0.39, 0.29) is 0 Å². The average Bonchev–Trinajstić information content (AvgIpc) is 2.46. The van der Waals surface area contributed by atoms with Crippen molar-refractivity contribution in [1.29, 1.82) is 5.26 Å². The van der Waals surface area contributed by atoms with Crippen molar-refractivity contribution >= 4 is 0 Å². The molecule has 0 bridgehead atoms. The summed E-state index contributed by atoms with van der Waals surface area (Å²) in [7, 11) is 0. The first kappa shape index (κ1) is 14.8. The van der Waals surface area contributed by atoms with Gasteiger partial charge in [0.2, 0.25) is 0 Å². The van der Waals surface area contributed by atoms with E-state index in [4.69, 9.17) is 15.7 Å². The number of hydrogen-bond donors (Lipinski definition) is 1. The lowest BCUT2D eigenvalue weighted by Crippen LogP contribution is -2.43.